The molecule has 0 radical (unpaired) electrons. The Labute approximate surface area is 158 Å². The minimum Gasteiger partial charge on any atom is -0.489 e. The Morgan fingerprint density at radius 3 is 2.96 bits per heavy atom. The van der Waals surface area contributed by atoms with E-state index >= 15 is 0 Å². The van der Waals surface area contributed by atoms with Crippen molar-refractivity contribution < 1.29 is 14.3 Å². The van der Waals surface area contributed by atoms with Crippen molar-refractivity contribution in [3.63, 3.8) is 0 Å². The number of rotatable bonds is 2. The van der Waals surface area contributed by atoms with E-state index in [1.165, 1.54) is 4.90 Å². The molecule has 2 aliphatic rings. The summed E-state index contributed by atoms with van der Waals surface area (Å²) in [5.74, 6) is 0.0773. The van der Waals surface area contributed by atoms with Gasteiger partial charge in [0.2, 0.25) is 0 Å². The largest absolute Gasteiger partial charge is 0.489 e. The molecule has 7 nitrogen and oxygen atoms in total. The molecule has 1 unspecified atom stereocenters. The molecule has 1 aliphatic carbocycles. The summed E-state index contributed by atoms with van der Waals surface area (Å²) in [5, 5.41) is 10.0. The maximum atomic E-state index is 12.9. The maximum Gasteiger partial charge on any atom is 0.272 e. The Kier molecular flexibility index (Phi) is 4.17. The predicted molar refractivity (Wildman–Crippen MR) is 101 cm³/mol. The molecule has 2 N–H and O–H groups in total. The highest BCUT2D eigenvalue weighted by molar-refractivity contribution is 6.03. The third kappa shape index (κ3) is 3.18. The SMILES string of the molecule is CN1C(=O)C(NC(=O)c2n[nH]c3c2CC(C)(C)CC3)COc2ccccc21. The van der Waals surface area contributed by atoms with Crippen LogP contribution in [0.2, 0.25) is 0 Å². The summed E-state index contributed by atoms with van der Waals surface area (Å²) in [5.41, 5.74) is 3.19. The van der Waals surface area contributed by atoms with E-state index < -0.39 is 6.04 Å². The van der Waals surface area contributed by atoms with E-state index in [4.69, 9.17) is 4.74 Å². The molecule has 142 valence electrons. The molecule has 0 fully saturated rings. The number of aromatic nitrogens is 2. The summed E-state index contributed by atoms with van der Waals surface area (Å²) in [7, 11) is 1.69. The molecule has 7 heteroatoms. The molecule has 2 heterocycles. The lowest BCUT2D eigenvalue weighted by molar-refractivity contribution is -0.120. The van der Waals surface area contributed by atoms with E-state index in [9.17, 15) is 9.59 Å². The number of fused-ring (bicyclic) bond motifs is 2. The average Bonchev–Trinajstić information content (AvgIpc) is 3.01. The van der Waals surface area contributed by atoms with Crippen LogP contribution in [0.15, 0.2) is 24.3 Å². The normalized spacial score (nSPS) is 20.9. The monoisotopic (exact) mass is 368 g/mol. The number of aromatic amines is 1. The van der Waals surface area contributed by atoms with Crippen LogP contribution in [0, 0.1) is 5.41 Å². The lowest BCUT2D eigenvalue weighted by Crippen LogP contribution is -2.49. The number of para-hydroxylation sites is 2. The number of benzene rings is 1. The molecule has 0 bridgehead atoms. The summed E-state index contributed by atoms with van der Waals surface area (Å²) < 4.78 is 5.76. The molecule has 0 saturated carbocycles. The number of likely N-dealkylation sites (N-methyl/N-ethyl adjacent to an activating group) is 1. The van der Waals surface area contributed by atoms with Gasteiger partial charge in [0.15, 0.2) is 5.69 Å². The predicted octanol–water partition coefficient (Wildman–Crippen LogP) is 2.08. The minimum atomic E-state index is -0.765. The number of aryl methyl sites for hydroxylation is 1. The third-order valence-corrected chi connectivity index (χ3v) is 5.44. The van der Waals surface area contributed by atoms with E-state index in [0.29, 0.717) is 17.1 Å². The second kappa shape index (κ2) is 6.40. The first-order valence-corrected chi connectivity index (χ1v) is 9.22. The maximum absolute atomic E-state index is 12.9. The summed E-state index contributed by atoms with van der Waals surface area (Å²) in [6, 6.07) is 6.58. The molecular formula is C20H24N4O3. The van der Waals surface area contributed by atoms with Crippen LogP contribution in [0.3, 0.4) is 0 Å². The van der Waals surface area contributed by atoms with Crippen molar-refractivity contribution >= 4 is 17.5 Å². The second-order valence-electron chi connectivity index (χ2n) is 8.07. The molecule has 27 heavy (non-hydrogen) atoms. The van der Waals surface area contributed by atoms with E-state index in [1.54, 1.807) is 7.05 Å². The topological polar surface area (TPSA) is 87.3 Å². The highest BCUT2D eigenvalue weighted by Gasteiger charge is 2.34. The van der Waals surface area contributed by atoms with Crippen molar-refractivity contribution in [2.45, 2.75) is 39.2 Å². The Hall–Kier alpha value is -2.83. The number of ether oxygens (including phenoxy) is 1. The van der Waals surface area contributed by atoms with Gasteiger partial charge >= 0.3 is 0 Å². The Bertz CT molecular complexity index is 902. The number of carbonyl (C=O) groups is 2. The van der Waals surface area contributed by atoms with Crippen LogP contribution >= 0.6 is 0 Å². The van der Waals surface area contributed by atoms with Crippen LogP contribution in [-0.2, 0) is 17.6 Å². The van der Waals surface area contributed by atoms with Crippen LogP contribution in [0.4, 0.5) is 5.69 Å². The number of nitrogens with zero attached hydrogens (tertiary/aromatic N) is 2. The van der Waals surface area contributed by atoms with E-state index in [1.807, 2.05) is 24.3 Å². The standard InChI is InChI=1S/C20H24N4O3/c1-20(2)9-8-13-12(10-20)17(23-22-13)18(25)21-14-11-27-16-7-5-4-6-15(16)24(3)19(14)26/h4-7,14H,8-11H2,1-3H3,(H,21,25)(H,22,23). The van der Waals surface area contributed by atoms with Gasteiger partial charge in [0.25, 0.3) is 11.8 Å². The third-order valence-electron chi connectivity index (χ3n) is 5.44. The van der Waals surface area contributed by atoms with Crippen LogP contribution in [-0.4, -0.2) is 41.7 Å². The van der Waals surface area contributed by atoms with Gasteiger partial charge in [0, 0.05) is 18.3 Å². The van der Waals surface area contributed by atoms with Crippen LogP contribution < -0.4 is 15.0 Å². The van der Waals surface area contributed by atoms with Gasteiger partial charge in [-0.1, -0.05) is 26.0 Å². The molecule has 4 rings (SSSR count). The number of H-pyrrole nitrogens is 1. The zero-order chi connectivity index (χ0) is 19.2. The van der Waals surface area contributed by atoms with Gasteiger partial charge in [-0.3, -0.25) is 14.7 Å². The lowest BCUT2D eigenvalue weighted by atomic mass is 9.76. The number of amides is 2. The van der Waals surface area contributed by atoms with Gasteiger partial charge in [-0.15, -0.1) is 0 Å². The van der Waals surface area contributed by atoms with Gasteiger partial charge < -0.3 is 15.0 Å². The van der Waals surface area contributed by atoms with Crippen molar-refractivity contribution in [1.82, 2.24) is 15.5 Å². The first-order valence-electron chi connectivity index (χ1n) is 9.22. The van der Waals surface area contributed by atoms with Crippen molar-refractivity contribution in [3.8, 4) is 5.75 Å². The van der Waals surface area contributed by atoms with Gasteiger partial charge in [-0.2, -0.15) is 5.10 Å². The van der Waals surface area contributed by atoms with Crippen molar-refractivity contribution in [1.29, 1.82) is 0 Å². The molecule has 2 amide bonds. The number of anilines is 1. The first kappa shape index (κ1) is 17.6. The van der Waals surface area contributed by atoms with E-state index in [0.717, 1.165) is 30.5 Å². The fraction of sp³-hybridized carbons (Fsp3) is 0.450. The molecular weight excluding hydrogens is 344 g/mol. The summed E-state index contributed by atoms with van der Waals surface area (Å²) in [4.78, 5) is 27.2. The zero-order valence-electron chi connectivity index (χ0n) is 15.8. The molecule has 1 aliphatic heterocycles. The molecule has 1 atom stereocenters. The van der Waals surface area contributed by atoms with Gasteiger partial charge in [-0.25, -0.2) is 0 Å². The fourth-order valence-electron chi connectivity index (χ4n) is 3.80. The molecule has 1 aromatic carbocycles. The first-order chi connectivity index (χ1) is 12.9. The van der Waals surface area contributed by atoms with Crippen LogP contribution in [0.1, 0.15) is 42.0 Å². The lowest BCUT2D eigenvalue weighted by Gasteiger charge is -2.29. The number of hydrogen-bond donors (Lipinski definition) is 2. The van der Waals surface area contributed by atoms with Gasteiger partial charge in [0.05, 0.1) is 5.69 Å². The van der Waals surface area contributed by atoms with Crippen LogP contribution in [0.5, 0.6) is 5.75 Å². The van der Waals surface area contributed by atoms with Crippen molar-refractivity contribution in [3.05, 3.63) is 41.2 Å². The van der Waals surface area contributed by atoms with Crippen molar-refractivity contribution in [2.24, 2.45) is 5.41 Å². The van der Waals surface area contributed by atoms with Crippen LogP contribution in [0.25, 0.3) is 0 Å². The average molecular weight is 368 g/mol. The molecule has 2 aromatic rings. The number of carbonyl (C=O) groups excluding carboxylic acids is 2. The molecule has 0 spiro atoms. The fourth-order valence-corrected chi connectivity index (χ4v) is 3.80. The zero-order valence-corrected chi connectivity index (χ0v) is 15.8. The molecule has 1 aromatic heterocycles. The number of nitrogens with one attached hydrogen (secondary N) is 2. The van der Waals surface area contributed by atoms with Gasteiger partial charge in [-0.05, 0) is 36.8 Å². The van der Waals surface area contributed by atoms with E-state index in [2.05, 4.69) is 29.4 Å². The summed E-state index contributed by atoms with van der Waals surface area (Å²) in [6.07, 6.45) is 2.73. The van der Waals surface area contributed by atoms with E-state index in [-0.39, 0.29) is 23.8 Å². The highest BCUT2D eigenvalue weighted by atomic mass is 16.5. The second-order valence-corrected chi connectivity index (χ2v) is 8.07. The molecule has 0 saturated heterocycles. The van der Waals surface area contributed by atoms with Gasteiger partial charge in [0.1, 0.15) is 18.4 Å². The number of hydrogen-bond acceptors (Lipinski definition) is 4. The van der Waals surface area contributed by atoms with Crippen molar-refractivity contribution in [2.75, 3.05) is 18.6 Å². The quantitative estimate of drug-likeness (QED) is 0.850. The smallest absolute Gasteiger partial charge is 0.272 e. The minimum absolute atomic E-state index is 0.0873. The Morgan fingerprint density at radius 1 is 1.37 bits per heavy atom. The summed E-state index contributed by atoms with van der Waals surface area (Å²) >= 11 is 0. The Morgan fingerprint density at radius 2 is 2.15 bits per heavy atom. The Balaban J connectivity index is 1.54. The summed E-state index contributed by atoms with van der Waals surface area (Å²) in [6.45, 7) is 4.48. The highest BCUT2D eigenvalue weighted by Crippen LogP contribution is 2.35.